The second-order valence-electron chi connectivity index (χ2n) is 7.27. The molecule has 21 heavy (non-hydrogen) atoms. The molecule has 0 aliphatic heterocycles. The van der Waals surface area contributed by atoms with E-state index in [1.807, 2.05) is 11.9 Å². The van der Waals surface area contributed by atoms with E-state index in [9.17, 15) is 9.59 Å². The topological polar surface area (TPSA) is 53.2 Å². The molecule has 1 aromatic heterocycles. The van der Waals surface area contributed by atoms with Gasteiger partial charge < -0.3 is 9.88 Å². The molecule has 4 fully saturated rings. The largest absolute Gasteiger partial charge is 0.337 e. The number of pyridine rings is 1. The lowest BCUT2D eigenvalue weighted by atomic mass is 9.54. The summed E-state index contributed by atoms with van der Waals surface area (Å²) < 4.78 is 0. The number of carbonyl (C=O) groups excluding carboxylic acids is 1. The van der Waals surface area contributed by atoms with Gasteiger partial charge in [0, 0.05) is 19.2 Å². The minimum Gasteiger partial charge on any atom is -0.337 e. The van der Waals surface area contributed by atoms with Crippen LogP contribution >= 0.6 is 0 Å². The molecule has 4 heteroatoms. The van der Waals surface area contributed by atoms with Crippen molar-refractivity contribution >= 4 is 5.91 Å². The van der Waals surface area contributed by atoms with E-state index in [0.29, 0.717) is 23.6 Å². The van der Waals surface area contributed by atoms with Gasteiger partial charge in [0.05, 0.1) is 0 Å². The minimum atomic E-state index is -0.209. The monoisotopic (exact) mass is 286 g/mol. The molecule has 5 rings (SSSR count). The fourth-order valence-electron chi connectivity index (χ4n) is 5.43. The lowest BCUT2D eigenvalue weighted by Crippen LogP contribution is -2.56. The van der Waals surface area contributed by atoms with Crippen molar-refractivity contribution in [2.75, 3.05) is 7.05 Å². The second kappa shape index (κ2) is 4.72. The zero-order valence-electron chi connectivity index (χ0n) is 12.4. The maximum atomic E-state index is 12.7. The summed E-state index contributed by atoms with van der Waals surface area (Å²) in [6.45, 7) is 0. The minimum absolute atomic E-state index is 0.0369. The lowest BCUT2D eigenvalue weighted by molar-refractivity contribution is -0.0492. The molecule has 0 atom stereocenters. The molecule has 1 N–H and O–H groups in total. The average Bonchev–Trinajstić information content (AvgIpc) is 2.45. The van der Waals surface area contributed by atoms with E-state index in [0.717, 1.165) is 11.8 Å². The SMILES string of the molecule is CN(C(=O)c1cccc(=O)[nH]1)C1C2CC3CC(C2)CC1C3. The van der Waals surface area contributed by atoms with E-state index in [4.69, 9.17) is 0 Å². The van der Waals surface area contributed by atoms with Crippen LogP contribution in [0.3, 0.4) is 0 Å². The first-order valence-electron chi connectivity index (χ1n) is 8.08. The third-order valence-electron chi connectivity index (χ3n) is 5.94. The molecule has 0 radical (unpaired) electrons. The molecule has 4 aliphatic rings. The molecule has 0 unspecified atom stereocenters. The molecular weight excluding hydrogens is 264 g/mol. The third-order valence-corrected chi connectivity index (χ3v) is 5.94. The first kappa shape index (κ1) is 13.1. The molecule has 4 aliphatic carbocycles. The summed E-state index contributed by atoms with van der Waals surface area (Å²) in [7, 11) is 1.92. The highest BCUT2D eigenvalue weighted by atomic mass is 16.2. The Kier molecular flexibility index (Phi) is 2.95. The molecule has 1 heterocycles. The number of hydrogen-bond donors (Lipinski definition) is 1. The van der Waals surface area contributed by atoms with Gasteiger partial charge in [0.15, 0.2) is 0 Å². The van der Waals surface area contributed by atoms with Gasteiger partial charge in [0.1, 0.15) is 5.69 Å². The summed E-state index contributed by atoms with van der Waals surface area (Å²) in [5.41, 5.74) is 0.207. The summed E-state index contributed by atoms with van der Waals surface area (Å²) >= 11 is 0. The molecule has 0 aromatic carbocycles. The lowest BCUT2D eigenvalue weighted by Gasteiger charge is -2.56. The molecule has 4 nitrogen and oxygen atoms in total. The predicted octanol–water partition coefficient (Wildman–Crippen LogP) is 2.27. The third kappa shape index (κ3) is 2.12. The Hall–Kier alpha value is -1.58. The van der Waals surface area contributed by atoms with Crippen molar-refractivity contribution < 1.29 is 4.79 Å². The standard InChI is InChI=1S/C17H22N2O2/c1-19(17(21)14-3-2-4-15(20)18-14)16-12-6-10-5-11(8-12)9-13(16)7-10/h2-4,10-13,16H,5-9H2,1H3,(H,18,20). The molecule has 0 saturated heterocycles. The molecule has 4 saturated carbocycles. The zero-order valence-corrected chi connectivity index (χ0v) is 12.4. The van der Waals surface area contributed by atoms with Crippen LogP contribution in [-0.2, 0) is 0 Å². The first-order chi connectivity index (χ1) is 10.1. The predicted molar refractivity (Wildman–Crippen MR) is 80.0 cm³/mol. The second-order valence-corrected chi connectivity index (χ2v) is 7.27. The van der Waals surface area contributed by atoms with Crippen molar-refractivity contribution in [2.24, 2.45) is 23.7 Å². The van der Waals surface area contributed by atoms with Gasteiger partial charge in [-0.15, -0.1) is 0 Å². The number of aromatic amines is 1. The Labute approximate surface area is 124 Å². The Morgan fingerprint density at radius 3 is 2.29 bits per heavy atom. The highest BCUT2D eigenvalue weighted by Gasteiger charge is 2.50. The van der Waals surface area contributed by atoms with Crippen molar-refractivity contribution in [3.8, 4) is 0 Å². The van der Waals surface area contributed by atoms with Gasteiger partial charge in [-0.05, 0) is 61.8 Å². The Morgan fingerprint density at radius 2 is 1.71 bits per heavy atom. The van der Waals surface area contributed by atoms with Crippen molar-refractivity contribution in [2.45, 2.75) is 38.1 Å². The zero-order chi connectivity index (χ0) is 14.6. The van der Waals surface area contributed by atoms with Gasteiger partial charge in [-0.1, -0.05) is 6.07 Å². The van der Waals surface area contributed by atoms with Crippen LogP contribution in [0.4, 0.5) is 0 Å². The van der Waals surface area contributed by atoms with Crippen LogP contribution in [0.1, 0.15) is 42.6 Å². The van der Waals surface area contributed by atoms with E-state index in [1.54, 1.807) is 12.1 Å². The summed E-state index contributed by atoms with van der Waals surface area (Å²) in [4.78, 5) is 28.7. The molecular formula is C17H22N2O2. The maximum absolute atomic E-state index is 12.7. The summed E-state index contributed by atoms with van der Waals surface area (Å²) in [5.74, 6) is 3.12. The number of nitrogens with zero attached hydrogens (tertiary/aromatic N) is 1. The quantitative estimate of drug-likeness (QED) is 0.906. The molecule has 0 spiro atoms. The highest BCUT2D eigenvalue weighted by molar-refractivity contribution is 5.92. The van der Waals surface area contributed by atoms with E-state index in [1.165, 1.54) is 38.2 Å². The summed E-state index contributed by atoms with van der Waals surface area (Å²) in [6.07, 6.45) is 6.59. The van der Waals surface area contributed by atoms with Crippen molar-refractivity contribution in [1.29, 1.82) is 0 Å². The van der Waals surface area contributed by atoms with Crippen LogP contribution in [0.5, 0.6) is 0 Å². The van der Waals surface area contributed by atoms with Crippen LogP contribution in [-0.4, -0.2) is 28.9 Å². The van der Waals surface area contributed by atoms with Gasteiger partial charge >= 0.3 is 0 Å². The van der Waals surface area contributed by atoms with Crippen LogP contribution in [0, 0.1) is 23.7 Å². The van der Waals surface area contributed by atoms with E-state index in [2.05, 4.69) is 4.98 Å². The molecule has 1 amide bonds. The fourth-order valence-corrected chi connectivity index (χ4v) is 5.43. The van der Waals surface area contributed by atoms with Crippen molar-refractivity contribution in [1.82, 2.24) is 9.88 Å². The van der Waals surface area contributed by atoms with E-state index < -0.39 is 0 Å². The molecule has 4 bridgehead atoms. The van der Waals surface area contributed by atoms with E-state index >= 15 is 0 Å². The van der Waals surface area contributed by atoms with Crippen molar-refractivity contribution in [3.05, 3.63) is 34.2 Å². The first-order valence-corrected chi connectivity index (χ1v) is 8.08. The van der Waals surface area contributed by atoms with Gasteiger partial charge in [0.25, 0.3) is 5.91 Å². The number of hydrogen-bond acceptors (Lipinski definition) is 2. The Bertz CT molecular complexity index is 593. The van der Waals surface area contributed by atoms with Crippen LogP contribution in [0.25, 0.3) is 0 Å². The van der Waals surface area contributed by atoms with Crippen LogP contribution in [0.15, 0.2) is 23.0 Å². The molecule has 112 valence electrons. The van der Waals surface area contributed by atoms with Crippen LogP contribution in [0.2, 0.25) is 0 Å². The number of aromatic nitrogens is 1. The Morgan fingerprint density at radius 1 is 1.10 bits per heavy atom. The van der Waals surface area contributed by atoms with Gasteiger partial charge in [0.2, 0.25) is 5.56 Å². The average molecular weight is 286 g/mol. The number of rotatable bonds is 2. The highest BCUT2D eigenvalue weighted by Crippen LogP contribution is 2.55. The van der Waals surface area contributed by atoms with Gasteiger partial charge in [-0.2, -0.15) is 0 Å². The van der Waals surface area contributed by atoms with Gasteiger partial charge in [-0.3, -0.25) is 9.59 Å². The number of H-pyrrole nitrogens is 1. The summed E-state index contributed by atoms with van der Waals surface area (Å²) in [6, 6.07) is 5.17. The van der Waals surface area contributed by atoms with E-state index in [-0.39, 0.29) is 11.5 Å². The summed E-state index contributed by atoms with van der Waals surface area (Å²) in [5, 5.41) is 0. The fraction of sp³-hybridized carbons (Fsp3) is 0.647. The number of carbonyl (C=O) groups is 1. The molecule has 1 aromatic rings. The maximum Gasteiger partial charge on any atom is 0.270 e. The number of nitrogens with one attached hydrogen (secondary N) is 1. The number of amides is 1. The normalized spacial score (nSPS) is 36.7. The van der Waals surface area contributed by atoms with Crippen LogP contribution < -0.4 is 5.56 Å². The smallest absolute Gasteiger partial charge is 0.270 e. The van der Waals surface area contributed by atoms with Crippen molar-refractivity contribution in [3.63, 3.8) is 0 Å². The Balaban J connectivity index is 1.58. The van der Waals surface area contributed by atoms with Gasteiger partial charge in [-0.25, -0.2) is 0 Å².